The third-order valence-electron chi connectivity index (χ3n) is 2.06. The van der Waals surface area contributed by atoms with Crippen molar-refractivity contribution < 1.29 is 5.11 Å². The van der Waals surface area contributed by atoms with Gasteiger partial charge >= 0.3 is 0 Å². The van der Waals surface area contributed by atoms with E-state index in [9.17, 15) is 5.11 Å². The monoisotopic (exact) mass is 209 g/mol. The van der Waals surface area contributed by atoms with Gasteiger partial charge in [-0.3, -0.25) is 0 Å². The summed E-state index contributed by atoms with van der Waals surface area (Å²) in [6.45, 7) is 2.83. The van der Waals surface area contributed by atoms with Crippen molar-refractivity contribution in [3.63, 3.8) is 0 Å². The lowest BCUT2D eigenvalue weighted by Crippen LogP contribution is -2.07. The first-order chi connectivity index (χ1) is 6.83. The predicted molar refractivity (Wildman–Crippen MR) is 54.1 cm³/mol. The molecule has 1 unspecified atom stereocenters. The molecule has 4 nitrogen and oxygen atoms in total. The van der Waals surface area contributed by atoms with Crippen molar-refractivity contribution in [3.05, 3.63) is 35.4 Å². The molecule has 2 aromatic heterocycles. The first-order valence-corrected chi connectivity index (χ1v) is 5.20. The van der Waals surface area contributed by atoms with Gasteiger partial charge < -0.3 is 9.67 Å². The normalized spacial score (nSPS) is 13.0. The van der Waals surface area contributed by atoms with Crippen LogP contribution >= 0.6 is 11.5 Å². The first kappa shape index (κ1) is 9.36. The third kappa shape index (κ3) is 1.56. The molecule has 2 rings (SSSR count). The van der Waals surface area contributed by atoms with Crippen LogP contribution in [0.3, 0.4) is 0 Å². The SMILES string of the molecule is CCn1ccnc1C(O)c1ccns1. The van der Waals surface area contributed by atoms with Crippen LogP contribution in [-0.2, 0) is 6.54 Å². The quantitative estimate of drug-likeness (QED) is 0.832. The van der Waals surface area contributed by atoms with Crippen LogP contribution in [0.5, 0.6) is 0 Å². The lowest BCUT2D eigenvalue weighted by atomic mass is 10.3. The van der Waals surface area contributed by atoms with Crippen LogP contribution in [0.1, 0.15) is 23.7 Å². The molecule has 0 aliphatic carbocycles. The van der Waals surface area contributed by atoms with Crippen LogP contribution in [0.2, 0.25) is 0 Å². The highest BCUT2D eigenvalue weighted by molar-refractivity contribution is 7.05. The molecule has 14 heavy (non-hydrogen) atoms. The summed E-state index contributed by atoms with van der Waals surface area (Å²) < 4.78 is 5.87. The van der Waals surface area contributed by atoms with E-state index < -0.39 is 6.10 Å². The molecule has 2 aromatic rings. The highest BCUT2D eigenvalue weighted by atomic mass is 32.1. The van der Waals surface area contributed by atoms with Gasteiger partial charge in [0.15, 0.2) is 0 Å². The Kier molecular flexibility index (Phi) is 2.60. The molecule has 0 amide bonds. The van der Waals surface area contributed by atoms with E-state index in [1.165, 1.54) is 11.5 Å². The average molecular weight is 209 g/mol. The van der Waals surface area contributed by atoms with E-state index in [0.717, 1.165) is 11.4 Å². The number of nitrogens with zero attached hydrogens (tertiary/aromatic N) is 3. The van der Waals surface area contributed by atoms with Crippen molar-refractivity contribution in [2.45, 2.75) is 19.6 Å². The number of imidazole rings is 1. The number of aromatic nitrogens is 3. The fourth-order valence-electron chi connectivity index (χ4n) is 1.33. The summed E-state index contributed by atoms with van der Waals surface area (Å²) in [6.07, 6.45) is 4.59. The van der Waals surface area contributed by atoms with Crippen LogP contribution < -0.4 is 0 Å². The van der Waals surface area contributed by atoms with E-state index in [1.807, 2.05) is 23.8 Å². The van der Waals surface area contributed by atoms with Crippen molar-refractivity contribution >= 4 is 11.5 Å². The van der Waals surface area contributed by atoms with Crippen LogP contribution in [0.4, 0.5) is 0 Å². The zero-order valence-corrected chi connectivity index (χ0v) is 8.61. The third-order valence-corrected chi connectivity index (χ3v) is 2.86. The zero-order valence-electron chi connectivity index (χ0n) is 7.79. The Bertz CT molecular complexity index is 396. The lowest BCUT2D eigenvalue weighted by Gasteiger charge is -2.09. The molecule has 0 saturated carbocycles. The second-order valence-electron chi connectivity index (χ2n) is 2.89. The van der Waals surface area contributed by atoms with Gasteiger partial charge in [-0.15, -0.1) is 0 Å². The van der Waals surface area contributed by atoms with Gasteiger partial charge in [0.2, 0.25) is 0 Å². The maximum absolute atomic E-state index is 9.97. The van der Waals surface area contributed by atoms with Crippen LogP contribution in [-0.4, -0.2) is 19.0 Å². The summed E-state index contributed by atoms with van der Waals surface area (Å²) >= 11 is 1.30. The molecule has 0 fully saturated rings. The Morgan fingerprint density at radius 1 is 1.57 bits per heavy atom. The number of hydrogen-bond donors (Lipinski definition) is 1. The minimum absolute atomic E-state index is 0.655. The van der Waals surface area contributed by atoms with Crippen molar-refractivity contribution in [2.24, 2.45) is 0 Å². The Morgan fingerprint density at radius 2 is 2.43 bits per heavy atom. The lowest BCUT2D eigenvalue weighted by molar-refractivity contribution is 0.208. The van der Waals surface area contributed by atoms with Crippen LogP contribution in [0.15, 0.2) is 24.7 Å². The van der Waals surface area contributed by atoms with Crippen molar-refractivity contribution in [1.29, 1.82) is 0 Å². The van der Waals surface area contributed by atoms with Gasteiger partial charge in [0.1, 0.15) is 11.9 Å². The highest BCUT2D eigenvalue weighted by Crippen LogP contribution is 2.22. The summed E-state index contributed by atoms with van der Waals surface area (Å²) in [4.78, 5) is 4.96. The number of aliphatic hydroxyl groups excluding tert-OH is 1. The van der Waals surface area contributed by atoms with Gasteiger partial charge in [-0.1, -0.05) is 0 Å². The van der Waals surface area contributed by atoms with E-state index in [-0.39, 0.29) is 0 Å². The molecule has 0 bridgehead atoms. The van der Waals surface area contributed by atoms with Crippen LogP contribution in [0, 0.1) is 0 Å². The van der Waals surface area contributed by atoms with Gasteiger partial charge in [-0.25, -0.2) is 9.36 Å². The summed E-state index contributed by atoms with van der Waals surface area (Å²) in [7, 11) is 0. The number of rotatable bonds is 3. The van der Waals surface area contributed by atoms with Gasteiger partial charge in [0.05, 0.1) is 4.88 Å². The number of aliphatic hydroxyl groups is 1. The second-order valence-corrected chi connectivity index (χ2v) is 3.75. The summed E-state index contributed by atoms with van der Waals surface area (Å²) in [5.74, 6) is 0.678. The average Bonchev–Trinajstić information content (AvgIpc) is 2.87. The Labute approximate surface area is 86.0 Å². The van der Waals surface area contributed by atoms with Gasteiger partial charge in [0, 0.05) is 25.1 Å². The molecule has 0 spiro atoms. The van der Waals surface area contributed by atoms with Crippen molar-refractivity contribution in [2.75, 3.05) is 0 Å². The smallest absolute Gasteiger partial charge is 0.147 e. The molecule has 0 aromatic carbocycles. The molecule has 5 heteroatoms. The molecule has 0 saturated heterocycles. The van der Waals surface area contributed by atoms with Gasteiger partial charge in [-0.2, -0.15) is 0 Å². The molecular formula is C9H11N3OS. The fourth-order valence-corrected chi connectivity index (χ4v) is 1.90. The Balaban J connectivity index is 2.31. The number of hydrogen-bond acceptors (Lipinski definition) is 4. The van der Waals surface area contributed by atoms with E-state index >= 15 is 0 Å². The molecule has 0 radical (unpaired) electrons. The predicted octanol–water partition coefficient (Wildman–Crippen LogP) is 1.44. The topological polar surface area (TPSA) is 50.9 Å². The molecular weight excluding hydrogens is 198 g/mol. The number of aryl methyl sites for hydroxylation is 1. The minimum Gasteiger partial charge on any atom is -0.379 e. The fraction of sp³-hybridized carbons (Fsp3) is 0.333. The standard InChI is InChI=1S/C9H11N3OS/c1-2-12-6-5-10-9(12)8(13)7-3-4-11-14-7/h3-6,8,13H,2H2,1H3. The molecule has 0 aliphatic heterocycles. The molecule has 1 N–H and O–H groups in total. The second kappa shape index (κ2) is 3.89. The van der Waals surface area contributed by atoms with Crippen LogP contribution in [0.25, 0.3) is 0 Å². The summed E-state index contributed by atoms with van der Waals surface area (Å²) in [6, 6.07) is 1.81. The zero-order chi connectivity index (χ0) is 9.97. The van der Waals surface area contributed by atoms with E-state index in [4.69, 9.17) is 0 Å². The van der Waals surface area contributed by atoms with Crippen molar-refractivity contribution in [1.82, 2.24) is 13.9 Å². The Morgan fingerprint density at radius 3 is 3.07 bits per heavy atom. The van der Waals surface area contributed by atoms with E-state index in [0.29, 0.717) is 5.82 Å². The maximum Gasteiger partial charge on any atom is 0.147 e. The molecule has 1 atom stereocenters. The first-order valence-electron chi connectivity index (χ1n) is 4.42. The largest absolute Gasteiger partial charge is 0.379 e. The highest BCUT2D eigenvalue weighted by Gasteiger charge is 2.16. The molecule has 2 heterocycles. The van der Waals surface area contributed by atoms with E-state index in [1.54, 1.807) is 12.4 Å². The summed E-state index contributed by atoms with van der Waals surface area (Å²) in [5, 5.41) is 9.97. The van der Waals surface area contributed by atoms with Gasteiger partial charge in [0.25, 0.3) is 0 Å². The molecule has 74 valence electrons. The minimum atomic E-state index is -0.655. The Hall–Kier alpha value is -1.20. The summed E-state index contributed by atoms with van der Waals surface area (Å²) in [5.41, 5.74) is 0. The maximum atomic E-state index is 9.97. The van der Waals surface area contributed by atoms with Crippen molar-refractivity contribution in [3.8, 4) is 0 Å². The van der Waals surface area contributed by atoms with E-state index in [2.05, 4.69) is 9.36 Å². The van der Waals surface area contributed by atoms with Gasteiger partial charge in [-0.05, 0) is 24.5 Å². The molecule has 0 aliphatic rings.